The third-order valence-corrected chi connectivity index (χ3v) is 3.93. The summed E-state index contributed by atoms with van der Waals surface area (Å²) in [7, 11) is 4.95. The summed E-state index contributed by atoms with van der Waals surface area (Å²) in [5.74, 6) is 1.25. The van der Waals surface area contributed by atoms with E-state index in [9.17, 15) is 10.1 Å². The first-order valence-corrected chi connectivity index (χ1v) is 7.62. The maximum atomic E-state index is 11.3. The van der Waals surface area contributed by atoms with Crippen molar-refractivity contribution in [2.24, 2.45) is 0 Å². The Kier molecular flexibility index (Phi) is 5.44. The molecule has 0 atom stereocenters. The monoisotopic (exact) mass is 380 g/mol. The van der Waals surface area contributed by atoms with E-state index in [2.05, 4.69) is 15.9 Å². The van der Waals surface area contributed by atoms with Crippen molar-refractivity contribution in [2.75, 3.05) is 26.2 Å². The van der Waals surface area contributed by atoms with Crippen molar-refractivity contribution in [2.45, 2.75) is 6.54 Å². The maximum absolute atomic E-state index is 11.3. The topological polar surface area (TPSA) is 64.8 Å². The molecule has 2 aromatic rings. The summed E-state index contributed by atoms with van der Waals surface area (Å²) in [6.07, 6.45) is 0. The number of nitrogens with zero attached hydrogens (tertiary/aromatic N) is 2. The Morgan fingerprint density at radius 1 is 1.22 bits per heavy atom. The fourth-order valence-electron chi connectivity index (χ4n) is 2.38. The van der Waals surface area contributed by atoms with Crippen LogP contribution in [0, 0.1) is 10.1 Å². The zero-order chi connectivity index (χ0) is 17.0. The second kappa shape index (κ2) is 7.32. The van der Waals surface area contributed by atoms with Crippen LogP contribution < -0.4 is 14.4 Å². The molecule has 0 amide bonds. The molecule has 23 heavy (non-hydrogen) atoms. The van der Waals surface area contributed by atoms with Gasteiger partial charge in [0.1, 0.15) is 5.69 Å². The minimum atomic E-state index is -0.389. The number of hydrogen-bond acceptors (Lipinski definition) is 5. The third kappa shape index (κ3) is 3.73. The standard InChI is InChI=1S/C16H17BrN2O4/c1-18(13-8-7-12(17)9-14(13)19(20)21)10-11-5-4-6-15(22-2)16(11)23-3/h4-9H,10H2,1-3H3. The average Bonchev–Trinajstić information content (AvgIpc) is 2.54. The highest BCUT2D eigenvalue weighted by Crippen LogP contribution is 2.35. The van der Waals surface area contributed by atoms with Gasteiger partial charge in [-0.2, -0.15) is 0 Å². The second-order valence-corrected chi connectivity index (χ2v) is 5.81. The highest BCUT2D eigenvalue weighted by atomic mass is 79.9. The fraction of sp³-hybridized carbons (Fsp3) is 0.250. The van der Waals surface area contributed by atoms with E-state index in [0.29, 0.717) is 28.2 Å². The number of para-hydroxylation sites is 1. The molecule has 2 aromatic carbocycles. The lowest BCUT2D eigenvalue weighted by molar-refractivity contribution is -0.384. The van der Waals surface area contributed by atoms with Crippen LogP contribution in [0.15, 0.2) is 40.9 Å². The predicted molar refractivity (Wildman–Crippen MR) is 92.4 cm³/mol. The molecule has 0 aliphatic carbocycles. The van der Waals surface area contributed by atoms with E-state index in [4.69, 9.17) is 9.47 Å². The molecule has 0 N–H and O–H groups in total. The van der Waals surface area contributed by atoms with Crippen molar-refractivity contribution in [1.29, 1.82) is 0 Å². The number of rotatable bonds is 6. The van der Waals surface area contributed by atoms with Crippen LogP contribution >= 0.6 is 15.9 Å². The van der Waals surface area contributed by atoms with Crippen molar-refractivity contribution in [3.8, 4) is 11.5 Å². The molecule has 0 heterocycles. The Balaban J connectivity index is 2.37. The van der Waals surface area contributed by atoms with Gasteiger partial charge in [0, 0.05) is 29.7 Å². The summed E-state index contributed by atoms with van der Waals surface area (Å²) in [5, 5.41) is 11.3. The minimum Gasteiger partial charge on any atom is -0.493 e. The number of ether oxygens (including phenoxy) is 2. The lowest BCUT2D eigenvalue weighted by Crippen LogP contribution is -2.18. The molecule has 6 nitrogen and oxygen atoms in total. The molecule has 0 bridgehead atoms. The highest BCUT2D eigenvalue weighted by molar-refractivity contribution is 9.10. The number of halogens is 1. The second-order valence-electron chi connectivity index (χ2n) is 4.90. The van der Waals surface area contributed by atoms with Gasteiger partial charge in [-0.05, 0) is 18.2 Å². The van der Waals surface area contributed by atoms with Gasteiger partial charge in [-0.3, -0.25) is 10.1 Å². The molecule has 0 fully saturated rings. The molecule has 122 valence electrons. The molecule has 2 rings (SSSR count). The molecule has 0 saturated heterocycles. The van der Waals surface area contributed by atoms with Crippen LogP contribution in [0.4, 0.5) is 11.4 Å². The number of nitro groups is 1. The Labute approximate surface area is 142 Å². The molecular weight excluding hydrogens is 364 g/mol. The average molecular weight is 381 g/mol. The first-order chi connectivity index (χ1) is 11.0. The van der Waals surface area contributed by atoms with Gasteiger partial charge in [-0.25, -0.2) is 0 Å². The minimum absolute atomic E-state index is 0.0451. The van der Waals surface area contributed by atoms with E-state index in [0.717, 1.165) is 5.56 Å². The Morgan fingerprint density at radius 2 is 1.96 bits per heavy atom. The van der Waals surface area contributed by atoms with Gasteiger partial charge >= 0.3 is 0 Å². The van der Waals surface area contributed by atoms with Gasteiger partial charge in [0.2, 0.25) is 0 Å². The van der Waals surface area contributed by atoms with Gasteiger partial charge in [0.05, 0.1) is 19.1 Å². The summed E-state index contributed by atoms with van der Waals surface area (Å²) in [6.45, 7) is 0.447. The van der Waals surface area contributed by atoms with Crippen molar-refractivity contribution in [3.63, 3.8) is 0 Å². The molecule has 0 unspecified atom stereocenters. The summed E-state index contributed by atoms with van der Waals surface area (Å²) >= 11 is 3.26. The van der Waals surface area contributed by atoms with Crippen molar-refractivity contribution in [1.82, 2.24) is 0 Å². The van der Waals surface area contributed by atoms with Gasteiger partial charge < -0.3 is 14.4 Å². The molecule has 0 aromatic heterocycles. The molecule has 0 saturated carbocycles. The van der Waals surface area contributed by atoms with E-state index >= 15 is 0 Å². The van der Waals surface area contributed by atoms with Crippen molar-refractivity contribution < 1.29 is 14.4 Å². The number of anilines is 1. The predicted octanol–water partition coefficient (Wildman–Crippen LogP) is 4.01. The SMILES string of the molecule is COc1cccc(CN(C)c2ccc(Br)cc2[N+](=O)[O-])c1OC. The van der Waals surface area contributed by atoms with Crippen molar-refractivity contribution in [3.05, 3.63) is 56.5 Å². The Morgan fingerprint density at radius 3 is 2.57 bits per heavy atom. The lowest BCUT2D eigenvalue weighted by Gasteiger charge is -2.21. The Hall–Kier alpha value is -2.28. The van der Waals surface area contributed by atoms with Gasteiger partial charge in [0.15, 0.2) is 11.5 Å². The van der Waals surface area contributed by atoms with Crippen LogP contribution in [0.25, 0.3) is 0 Å². The van der Waals surface area contributed by atoms with E-state index < -0.39 is 0 Å². The zero-order valence-corrected chi connectivity index (χ0v) is 14.7. The molecule has 0 spiro atoms. The smallest absolute Gasteiger partial charge is 0.293 e. The van der Waals surface area contributed by atoms with E-state index in [1.165, 1.54) is 6.07 Å². The Bertz CT molecular complexity index is 721. The first-order valence-electron chi connectivity index (χ1n) is 6.83. The molecule has 7 heteroatoms. The third-order valence-electron chi connectivity index (χ3n) is 3.44. The quantitative estimate of drug-likeness (QED) is 0.559. The van der Waals surface area contributed by atoms with Crippen LogP contribution in [0.3, 0.4) is 0 Å². The lowest BCUT2D eigenvalue weighted by atomic mass is 10.1. The van der Waals surface area contributed by atoms with Crippen LogP contribution in [0.5, 0.6) is 11.5 Å². The molecule has 0 aliphatic rings. The molecule has 0 aliphatic heterocycles. The van der Waals surface area contributed by atoms with Crippen LogP contribution in [0.2, 0.25) is 0 Å². The number of hydrogen-bond donors (Lipinski definition) is 0. The van der Waals surface area contributed by atoms with Crippen LogP contribution in [0.1, 0.15) is 5.56 Å². The van der Waals surface area contributed by atoms with E-state index in [-0.39, 0.29) is 10.6 Å². The van der Waals surface area contributed by atoms with Gasteiger partial charge in [0.25, 0.3) is 5.69 Å². The van der Waals surface area contributed by atoms with Gasteiger partial charge in [-0.15, -0.1) is 0 Å². The largest absolute Gasteiger partial charge is 0.493 e. The molecular formula is C16H17BrN2O4. The summed E-state index contributed by atoms with van der Waals surface area (Å²) < 4.78 is 11.4. The summed E-state index contributed by atoms with van der Waals surface area (Å²) in [6, 6.07) is 10.6. The number of nitro benzene ring substituents is 1. The van der Waals surface area contributed by atoms with E-state index in [1.807, 2.05) is 23.1 Å². The first kappa shape index (κ1) is 17.1. The van der Waals surface area contributed by atoms with Gasteiger partial charge in [-0.1, -0.05) is 28.1 Å². The van der Waals surface area contributed by atoms with Crippen molar-refractivity contribution >= 4 is 27.3 Å². The maximum Gasteiger partial charge on any atom is 0.293 e. The number of benzene rings is 2. The normalized spacial score (nSPS) is 10.3. The fourth-order valence-corrected chi connectivity index (χ4v) is 2.73. The van der Waals surface area contributed by atoms with Crippen LogP contribution in [-0.4, -0.2) is 26.2 Å². The number of methoxy groups -OCH3 is 2. The van der Waals surface area contributed by atoms with E-state index in [1.54, 1.807) is 33.4 Å². The van der Waals surface area contributed by atoms with Crippen LogP contribution in [-0.2, 0) is 6.54 Å². The zero-order valence-electron chi connectivity index (χ0n) is 13.1. The highest BCUT2D eigenvalue weighted by Gasteiger charge is 2.19. The molecule has 0 radical (unpaired) electrons. The summed E-state index contributed by atoms with van der Waals surface area (Å²) in [4.78, 5) is 12.7. The summed E-state index contributed by atoms with van der Waals surface area (Å²) in [5.41, 5.74) is 1.46.